The van der Waals surface area contributed by atoms with Gasteiger partial charge in [-0.15, -0.1) is 0 Å². The van der Waals surface area contributed by atoms with E-state index < -0.39 is 22.9 Å². The Morgan fingerprint density at radius 3 is 2.32 bits per heavy atom. The van der Waals surface area contributed by atoms with E-state index in [-0.39, 0.29) is 0 Å². The molecular weight excluding hydrogens is 281 g/mol. The molecule has 1 heterocycles. The Morgan fingerprint density at radius 1 is 1.21 bits per heavy atom. The maximum Gasteiger partial charge on any atom is 0.418 e. The molecule has 0 N–H and O–H groups in total. The molecule has 0 spiro atoms. The van der Waals surface area contributed by atoms with Crippen LogP contribution < -0.4 is 5.56 Å². The molecule has 1 aromatic carbocycles. The van der Waals surface area contributed by atoms with Gasteiger partial charge in [-0.3, -0.25) is 4.79 Å². The summed E-state index contributed by atoms with van der Waals surface area (Å²) in [6.07, 6.45) is -3.94. The Hall–Kier alpha value is -1.82. The lowest BCUT2D eigenvalue weighted by molar-refractivity contribution is -0.138. The van der Waals surface area contributed by atoms with Crippen molar-refractivity contribution in [1.82, 2.24) is 9.78 Å². The van der Waals surface area contributed by atoms with Gasteiger partial charge in [-0.25, -0.2) is 0 Å². The molecule has 19 heavy (non-hydrogen) atoms. The van der Waals surface area contributed by atoms with E-state index in [1.807, 2.05) is 0 Å². The first-order valence-corrected chi connectivity index (χ1v) is 5.60. The predicted octanol–water partition coefficient (Wildman–Crippen LogP) is 3.21. The molecule has 2 aromatic rings. The third-order valence-electron chi connectivity index (χ3n) is 2.60. The Morgan fingerprint density at radius 2 is 1.79 bits per heavy atom. The number of alkyl halides is 3. The molecule has 0 aliphatic carbocycles. The first-order valence-electron chi connectivity index (χ1n) is 5.23. The lowest BCUT2D eigenvalue weighted by Crippen LogP contribution is -2.27. The lowest BCUT2D eigenvalue weighted by Gasteiger charge is -2.11. The molecule has 100 valence electrons. The smallest absolute Gasteiger partial charge is 0.267 e. The van der Waals surface area contributed by atoms with Gasteiger partial charge in [-0.05, 0) is 31.2 Å². The Labute approximate surface area is 111 Å². The molecule has 0 radical (unpaired) electrons. The van der Waals surface area contributed by atoms with Crippen molar-refractivity contribution >= 4 is 11.6 Å². The molecule has 0 saturated carbocycles. The average molecular weight is 289 g/mol. The van der Waals surface area contributed by atoms with E-state index in [9.17, 15) is 18.0 Å². The second-order valence-electron chi connectivity index (χ2n) is 3.87. The van der Waals surface area contributed by atoms with Gasteiger partial charge in [0.2, 0.25) is 0 Å². The van der Waals surface area contributed by atoms with Crippen LogP contribution in [0.5, 0.6) is 0 Å². The van der Waals surface area contributed by atoms with Crippen molar-refractivity contribution in [1.29, 1.82) is 0 Å². The Balaban J connectivity index is 2.60. The van der Waals surface area contributed by atoms with Crippen LogP contribution in [0.1, 0.15) is 11.1 Å². The zero-order valence-corrected chi connectivity index (χ0v) is 10.5. The third kappa shape index (κ3) is 2.63. The van der Waals surface area contributed by atoms with Gasteiger partial charge in [0.25, 0.3) is 5.56 Å². The van der Waals surface area contributed by atoms with E-state index in [1.54, 1.807) is 0 Å². The van der Waals surface area contributed by atoms with Gasteiger partial charge in [0.15, 0.2) is 0 Å². The summed E-state index contributed by atoms with van der Waals surface area (Å²) in [5.41, 5.74) is -1.87. The predicted molar refractivity (Wildman–Crippen MR) is 64.6 cm³/mol. The average Bonchev–Trinajstić information content (AvgIpc) is 2.32. The van der Waals surface area contributed by atoms with E-state index in [4.69, 9.17) is 11.6 Å². The van der Waals surface area contributed by atoms with Crippen LogP contribution >= 0.6 is 11.6 Å². The normalized spacial score (nSPS) is 11.6. The van der Waals surface area contributed by atoms with Crippen molar-refractivity contribution < 1.29 is 13.2 Å². The van der Waals surface area contributed by atoms with Crippen LogP contribution in [0.2, 0.25) is 5.02 Å². The molecule has 7 heteroatoms. The minimum atomic E-state index is -4.59. The third-order valence-corrected chi connectivity index (χ3v) is 2.85. The topological polar surface area (TPSA) is 34.9 Å². The summed E-state index contributed by atoms with van der Waals surface area (Å²) in [4.78, 5) is 11.9. The van der Waals surface area contributed by atoms with Gasteiger partial charge in [0, 0.05) is 10.6 Å². The van der Waals surface area contributed by atoms with Gasteiger partial charge in [-0.2, -0.15) is 23.0 Å². The van der Waals surface area contributed by atoms with E-state index in [0.717, 1.165) is 11.6 Å². The summed E-state index contributed by atoms with van der Waals surface area (Å²) >= 11 is 5.70. The number of nitrogens with zero attached hydrogens (tertiary/aromatic N) is 2. The SMILES string of the molecule is Cc1c(C(F)(F)F)cnn(-c2ccc(Cl)cc2)c1=O. The van der Waals surface area contributed by atoms with Crippen LogP contribution in [0.3, 0.4) is 0 Å². The summed E-state index contributed by atoms with van der Waals surface area (Å²) < 4.78 is 38.7. The summed E-state index contributed by atoms with van der Waals surface area (Å²) in [6.45, 7) is 1.12. The van der Waals surface area contributed by atoms with Crippen molar-refractivity contribution in [3.63, 3.8) is 0 Å². The Kier molecular flexibility index (Phi) is 3.36. The quantitative estimate of drug-likeness (QED) is 0.807. The van der Waals surface area contributed by atoms with Crippen LogP contribution in [-0.4, -0.2) is 9.78 Å². The highest BCUT2D eigenvalue weighted by Gasteiger charge is 2.34. The Bertz CT molecular complexity index is 662. The highest BCUT2D eigenvalue weighted by atomic mass is 35.5. The lowest BCUT2D eigenvalue weighted by atomic mass is 10.2. The number of hydrogen-bond acceptors (Lipinski definition) is 2. The maximum absolute atomic E-state index is 12.6. The molecule has 0 amide bonds. The van der Waals surface area contributed by atoms with Gasteiger partial charge in [0.05, 0.1) is 17.4 Å². The number of halogens is 4. The fourth-order valence-electron chi connectivity index (χ4n) is 1.59. The summed E-state index contributed by atoms with van der Waals surface area (Å²) in [5, 5.41) is 4.01. The minimum absolute atomic E-state index is 0.353. The molecule has 0 saturated heterocycles. The zero-order chi connectivity index (χ0) is 14.2. The molecule has 0 bridgehead atoms. The first-order chi connectivity index (χ1) is 8.80. The number of rotatable bonds is 1. The minimum Gasteiger partial charge on any atom is -0.267 e. The van der Waals surface area contributed by atoms with Crippen LogP contribution in [-0.2, 0) is 6.18 Å². The van der Waals surface area contributed by atoms with E-state index in [1.165, 1.54) is 24.3 Å². The van der Waals surface area contributed by atoms with E-state index >= 15 is 0 Å². The molecule has 0 aliphatic rings. The summed E-state index contributed by atoms with van der Waals surface area (Å²) in [5.74, 6) is 0. The molecule has 0 atom stereocenters. The van der Waals surface area contributed by atoms with E-state index in [0.29, 0.717) is 16.9 Å². The van der Waals surface area contributed by atoms with Crippen molar-refractivity contribution in [2.75, 3.05) is 0 Å². The fraction of sp³-hybridized carbons (Fsp3) is 0.167. The number of benzene rings is 1. The fourth-order valence-corrected chi connectivity index (χ4v) is 1.72. The first kappa shape index (κ1) is 13.6. The van der Waals surface area contributed by atoms with Crippen molar-refractivity contribution in [2.45, 2.75) is 13.1 Å². The number of hydrogen-bond donors (Lipinski definition) is 0. The molecule has 1 aromatic heterocycles. The molecule has 0 unspecified atom stereocenters. The second kappa shape index (κ2) is 4.70. The largest absolute Gasteiger partial charge is 0.418 e. The second-order valence-corrected chi connectivity index (χ2v) is 4.31. The molecular formula is C12H8ClF3N2O. The van der Waals surface area contributed by atoms with Crippen LogP contribution in [0, 0.1) is 6.92 Å². The molecule has 0 aliphatic heterocycles. The standard InChI is InChI=1S/C12H8ClF3N2O/c1-7-10(12(14,15)16)6-17-18(11(7)19)9-4-2-8(13)3-5-9/h2-6H,1H3. The van der Waals surface area contributed by atoms with Gasteiger partial charge in [0.1, 0.15) is 0 Å². The zero-order valence-electron chi connectivity index (χ0n) is 9.70. The van der Waals surface area contributed by atoms with Crippen molar-refractivity contribution in [3.05, 3.63) is 57.0 Å². The van der Waals surface area contributed by atoms with Crippen LogP contribution in [0.15, 0.2) is 35.3 Å². The van der Waals surface area contributed by atoms with Crippen LogP contribution in [0.4, 0.5) is 13.2 Å². The molecule has 3 nitrogen and oxygen atoms in total. The van der Waals surface area contributed by atoms with Gasteiger partial charge in [-0.1, -0.05) is 11.6 Å². The summed E-state index contributed by atoms with van der Waals surface area (Å²) in [7, 11) is 0. The van der Waals surface area contributed by atoms with Crippen LogP contribution in [0.25, 0.3) is 5.69 Å². The maximum atomic E-state index is 12.6. The van der Waals surface area contributed by atoms with Crippen molar-refractivity contribution in [2.24, 2.45) is 0 Å². The molecule has 0 fully saturated rings. The van der Waals surface area contributed by atoms with Gasteiger partial charge < -0.3 is 0 Å². The van der Waals surface area contributed by atoms with Gasteiger partial charge >= 0.3 is 6.18 Å². The molecule has 2 rings (SSSR count). The van der Waals surface area contributed by atoms with Crippen molar-refractivity contribution in [3.8, 4) is 5.69 Å². The number of aromatic nitrogens is 2. The highest BCUT2D eigenvalue weighted by Crippen LogP contribution is 2.29. The monoisotopic (exact) mass is 288 g/mol. The highest BCUT2D eigenvalue weighted by molar-refractivity contribution is 6.30. The van der Waals surface area contributed by atoms with E-state index in [2.05, 4.69) is 5.10 Å². The summed E-state index contributed by atoms with van der Waals surface area (Å²) in [6, 6.07) is 6.06.